The van der Waals surface area contributed by atoms with Crippen LogP contribution in [0.3, 0.4) is 0 Å². The summed E-state index contributed by atoms with van der Waals surface area (Å²) in [5.41, 5.74) is 5.45. The highest BCUT2D eigenvalue weighted by Gasteiger charge is 2.23. The molecule has 2 rings (SSSR count). The Morgan fingerprint density at radius 1 is 1.26 bits per heavy atom. The predicted octanol–water partition coefficient (Wildman–Crippen LogP) is 5.24. The Balaban J connectivity index is 0.000000861. The highest BCUT2D eigenvalue weighted by atomic mass is 16.5. The van der Waals surface area contributed by atoms with Gasteiger partial charge in [-0.15, -0.1) is 0 Å². The average Bonchev–Trinajstić information content (AvgIpc) is 2.46. The summed E-state index contributed by atoms with van der Waals surface area (Å²) in [5, 5.41) is 0. The monoisotopic (exact) mass is 258 g/mol. The molecule has 0 radical (unpaired) electrons. The molecule has 1 aromatic rings. The van der Waals surface area contributed by atoms with Crippen LogP contribution in [-0.2, 0) is 11.2 Å². The Morgan fingerprint density at radius 3 is 2.58 bits per heavy atom. The second-order valence-electron chi connectivity index (χ2n) is 4.54. The summed E-state index contributed by atoms with van der Waals surface area (Å²) in [6.07, 6.45) is 6.63. The molecule has 1 unspecified atom stereocenters. The number of ether oxygens (including phenoxy) is 1. The van der Waals surface area contributed by atoms with Crippen molar-refractivity contribution in [1.82, 2.24) is 0 Å². The molecule has 0 saturated heterocycles. The number of fused-ring (bicyclic) bond motifs is 1. The molecule has 0 bridgehead atoms. The summed E-state index contributed by atoms with van der Waals surface area (Å²) >= 11 is 0. The first-order chi connectivity index (χ1) is 9.27. The van der Waals surface area contributed by atoms with Gasteiger partial charge in [-0.2, -0.15) is 0 Å². The molecule has 1 heteroatoms. The van der Waals surface area contributed by atoms with E-state index in [-0.39, 0.29) is 6.10 Å². The Hall–Kier alpha value is -1.34. The summed E-state index contributed by atoms with van der Waals surface area (Å²) in [7, 11) is 1.79. The van der Waals surface area contributed by atoms with Crippen LogP contribution in [0.5, 0.6) is 0 Å². The maximum absolute atomic E-state index is 5.69. The fraction of sp³-hybridized carbons (Fsp3) is 0.444. The first-order valence-electron chi connectivity index (χ1n) is 7.24. The maximum Gasteiger partial charge on any atom is 0.107 e. The zero-order chi connectivity index (χ0) is 14.3. The third-order valence-corrected chi connectivity index (χ3v) is 3.34. The third kappa shape index (κ3) is 3.57. The number of hydrogen-bond donors (Lipinski definition) is 0. The highest BCUT2D eigenvalue weighted by Crippen LogP contribution is 2.36. The minimum atomic E-state index is 0.0998. The molecular weight excluding hydrogens is 232 g/mol. The molecule has 0 aliphatic heterocycles. The van der Waals surface area contributed by atoms with Gasteiger partial charge in [0.15, 0.2) is 0 Å². The normalized spacial score (nSPS) is 18.1. The van der Waals surface area contributed by atoms with Crippen molar-refractivity contribution in [2.75, 3.05) is 7.11 Å². The Bertz CT molecular complexity index is 455. The second kappa shape index (κ2) is 7.96. The van der Waals surface area contributed by atoms with E-state index in [2.05, 4.69) is 50.3 Å². The van der Waals surface area contributed by atoms with E-state index in [1.807, 2.05) is 13.8 Å². The lowest BCUT2D eigenvalue weighted by Gasteiger charge is -2.27. The van der Waals surface area contributed by atoms with Crippen LogP contribution in [0.4, 0.5) is 0 Å². The van der Waals surface area contributed by atoms with E-state index in [0.29, 0.717) is 0 Å². The van der Waals surface area contributed by atoms with E-state index in [1.165, 1.54) is 22.3 Å². The SMILES string of the molecule is CC.CC/C=C\C1=C(C)Cc2ccccc2C1OC. The van der Waals surface area contributed by atoms with Gasteiger partial charge >= 0.3 is 0 Å². The van der Waals surface area contributed by atoms with E-state index in [4.69, 9.17) is 4.74 Å². The summed E-state index contributed by atoms with van der Waals surface area (Å²) in [4.78, 5) is 0. The van der Waals surface area contributed by atoms with Crippen molar-refractivity contribution in [1.29, 1.82) is 0 Å². The van der Waals surface area contributed by atoms with Crippen LogP contribution in [0.15, 0.2) is 47.6 Å². The van der Waals surface area contributed by atoms with Crippen molar-refractivity contribution in [2.45, 2.75) is 46.6 Å². The Kier molecular flexibility index (Phi) is 6.58. The molecule has 1 atom stereocenters. The maximum atomic E-state index is 5.69. The van der Waals surface area contributed by atoms with Crippen LogP contribution in [0, 0.1) is 0 Å². The van der Waals surface area contributed by atoms with Crippen LogP contribution in [0.25, 0.3) is 0 Å². The number of rotatable bonds is 3. The molecule has 0 N–H and O–H groups in total. The van der Waals surface area contributed by atoms with Crippen molar-refractivity contribution in [3.05, 3.63) is 58.7 Å². The molecule has 0 aromatic heterocycles. The average molecular weight is 258 g/mol. The van der Waals surface area contributed by atoms with Gasteiger partial charge in [0.25, 0.3) is 0 Å². The summed E-state index contributed by atoms with van der Waals surface area (Å²) < 4.78 is 5.69. The molecule has 1 aliphatic rings. The number of allylic oxidation sites excluding steroid dienone is 2. The lowest BCUT2D eigenvalue weighted by molar-refractivity contribution is 0.132. The van der Waals surface area contributed by atoms with Gasteiger partial charge in [0, 0.05) is 7.11 Å². The smallest absolute Gasteiger partial charge is 0.107 e. The molecular formula is C18H26O. The summed E-state index contributed by atoms with van der Waals surface area (Å²) in [6, 6.07) is 8.57. The quantitative estimate of drug-likeness (QED) is 0.720. The van der Waals surface area contributed by atoms with Crippen LogP contribution >= 0.6 is 0 Å². The summed E-state index contributed by atoms with van der Waals surface area (Å²) in [5.74, 6) is 0. The highest BCUT2D eigenvalue weighted by molar-refractivity contribution is 5.46. The third-order valence-electron chi connectivity index (χ3n) is 3.34. The largest absolute Gasteiger partial charge is 0.372 e. The van der Waals surface area contributed by atoms with Crippen LogP contribution in [-0.4, -0.2) is 7.11 Å². The fourth-order valence-corrected chi connectivity index (χ4v) is 2.46. The second-order valence-corrected chi connectivity index (χ2v) is 4.54. The van der Waals surface area contributed by atoms with Crippen LogP contribution in [0.2, 0.25) is 0 Å². The minimum Gasteiger partial charge on any atom is -0.372 e. The lowest BCUT2D eigenvalue weighted by Crippen LogP contribution is -2.14. The molecule has 0 heterocycles. The number of methoxy groups -OCH3 is 1. The van der Waals surface area contributed by atoms with E-state index in [0.717, 1.165) is 12.8 Å². The van der Waals surface area contributed by atoms with Crippen LogP contribution in [0.1, 0.15) is 51.3 Å². The van der Waals surface area contributed by atoms with Crippen LogP contribution < -0.4 is 0 Å². The molecule has 0 spiro atoms. The van der Waals surface area contributed by atoms with Gasteiger partial charge < -0.3 is 4.74 Å². The molecule has 0 saturated carbocycles. The topological polar surface area (TPSA) is 9.23 Å². The van der Waals surface area contributed by atoms with Gasteiger partial charge in [-0.1, -0.05) is 62.8 Å². The lowest BCUT2D eigenvalue weighted by atomic mass is 9.84. The number of benzene rings is 1. The number of hydrogen-bond acceptors (Lipinski definition) is 1. The molecule has 0 amide bonds. The van der Waals surface area contributed by atoms with Gasteiger partial charge in [0.1, 0.15) is 6.10 Å². The van der Waals surface area contributed by atoms with Gasteiger partial charge in [-0.05, 0) is 36.5 Å². The van der Waals surface area contributed by atoms with E-state index in [9.17, 15) is 0 Å². The van der Waals surface area contributed by atoms with Gasteiger partial charge in [-0.3, -0.25) is 0 Å². The van der Waals surface area contributed by atoms with Crippen molar-refractivity contribution in [3.63, 3.8) is 0 Å². The molecule has 0 fully saturated rings. The van der Waals surface area contributed by atoms with Crippen molar-refractivity contribution >= 4 is 0 Å². The summed E-state index contributed by atoms with van der Waals surface area (Å²) in [6.45, 7) is 8.36. The standard InChI is InChI=1S/C16H20O.C2H6/c1-4-5-9-14-12(2)11-13-8-6-7-10-15(13)16(14)17-3;1-2/h5-10,16H,4,11H2,1-3H3;1-2H3/b9-5-;. The van der Waals surface area contributed by atoms with Crippen molar-refractivity contribution in [3.8, 4) is 0 Å². The van der Waals surface area contributed by atoms with Gasteiger partial charge in [0.05, 0.1) is 0 Å². The van der Waals surface area contributed by atoms with Crippen molar-refractivity contribution < 1.29 is 4.74 Å². The molecule has 1 aromatic carbocycles. The molecule has 19 heavy (non-hydrogen) atoms. The Morgan fingerprint density at radius 2 is 1.95 bits per heavy atom. The minimum absolute atomic E-state index is 0.0998. The zero-order valence-electron chi connectivity index (χ0n) is 12.9. The molecule has 1 aliphatic carbocycles. The fourth-order valence-electron chi connectivity index (χ4n) is 2.46. The zero-order valence-corrected chi connectivity index (χ0v) is 12.9. The molecule has 1 nitrogen and oxygen atoms in total. The van der Waals surface area contributed by atoms with Crippen molar-refractivity contribution in [2.24, 2.45) is 0 Å². The van der Waals surface area contributed by atoms with E-state index < -0.39 is 0 Å². The predicted molar refractivity (Wildman–Crippen MR) is 83.4 cm³/mol. The van der Waals surface area contributed by atoms with E-state index >= 15 is 0 Å². The van der Waals surface area contributed by atoms with Gasteiger partial charge in [-0.25, -0.2) is 0 Å². The first kappa shape index (κ1) is 15.7. The Labute approximate surface area is 118 Å². The van der Waals surface area contributed by atoms with Gasteiger partial charge in [0.2, 0.25) is 0 Å². The first-order valence-corrected chi connectivity index (χ1v) is 7.24. The molecule has 104 valence electrons. The van der Waals surface area contributed by atoms with E-state index in [1.54, 1.807) is 7.11 Å².